The minimum atomic E-state index is -0.514. The van der Waals surface area contributed by atoms with Crippen molar-refractivity contribution >= 4 is 23.3 Å². The first-order valence-electron chi connectivity index (χ1n) is 8.44. The lowest BCUT2D eigenvalue weighted by Gasteiger charge is -2.29. The van der Waals surface area contributed by atoms with Crippen LogP contribution in [-0.4, -0.2) is 45.7 Å². The van der Waals surface area contributed by atoms with Gasteiger partial charge < -0.3 is 19.3 Å². The van der Waals surface area contributed by atoms with Gasteiger partial charge in [-0.1, -0.05) is 12.1 Å². The van der Waals surface area contributed by atoms with E-state index in [1.807, 2.05) is 50.2 Å². The highest BCUT2D eigenvalue weighted by molar-refractivity contribution is 5.98. The molecule has 3 rings (SSSR count). The molecule has 0 spiro atoms. The van der Waals surface area contributed by atoms with Gasteiger partial charge in [-0.2, -0.15) is 0 Å². The van der Waals surface area contributed by atoms with Crippen LogP contribution in [0.4, 0.5) is 11.4 Å². The third-order valence-corrected chi connectivity index (χ3v) is 4.20. The van der Waals surface area contributed by atoms with Gasteiger partial charge in [-0.3, -0.25) is 4.79 Å². The van der Waals surface area contributed by atoms with Crippen LogP contribution in [-0.2, 0) is 9.53 Å². The van der Waals surface area contributed by atoms with E-state index < -0.39 is 5.97 Å². The maximum absolute atomic E-state index is 12.6. The topological polar surface area (TPSA) is 59.1 Å². The van der Waals surface area contributed by atoms with E-state index in [0.29, 0.717) is 30.2 Å². The van der Waals surface area contributed by atoms with Crippen LogP contribution in [0.1, 0.15) is 15.9 Å². The summed E-state index contributed by atoms with van der Waals surface area (Å²) in [6, 6.07) is 12.8. The Labute approximate surface area is 152 Å². The Morgan fingerprint density at radius 2 is 2.00 bits per heavy atom. The molecular weight excluding hydrogens is 332 g/mol. The Morgan fingerprint density at radius 1 is 1.19 bits per heavy atom. The first-order valence-corrected chi connectivity index (χ1v) is 8.44. The van der Waals surface area contributed by atoms with Gasteiger partial charge in [0.05, 0.1) is 17.8 Å². The molecule has 2 aromatic carbocycles. The summed E-state index contributed by atoms with van der Waals surface area (Å²) in [5, 5.41) is 0. The van der Waals surface area contributed by atoms with Crippen LogP contribution in [0.15, 0.2) is 42.5 Å². The molecule has 0 unspecified atom stereocenters. The number of hydrogen-bond acceptors (Lipinski definition) is 5. The van der Waals surface area contributed by atoms with Gasteiger partial charge in [-0.25, -0.2) is 4.79 Å². The van der Waals surface area contributed by atoms with Crippen molar-refractivity contribution in [3.63, 3.8) is 0 Å². The van der Waals surface area contributed by atoms with Crippen LogP contribution in [0, 0.1) is 6.92 Å². The number of anilines is 2. The first-order chi connectivity index (χ1) is 12.5. The van der Waals surface area contributed by atoms with Crippen molar-refractivity contribution in [1.82, 2.24) is 0 Å². The summed E-state index contributed by atoms with van der Waals surface area (Å²) in [4.78, 5) is 28.3. The van der Waals surface area contributed by atoms with Gasteiger partial charge in [0.25, 0.3) is 5.91 Å². The van der Waals surface area contributed by atoms with Gasteiger partial charge in [0.15, 0.2) is 6.61 Å². The number of rotatable bonds is 4. The molecule has 1 heterocycles. The second-order valence-electron chi connectivity index (χ2n) is 6.39. The van der Waals surface area contributed by atoms with Crippen LogP contribution in [0.5, 0.6) is 5.75 Å². The molecule has 1 aliphatic heterocycles. The fraction of sp³-hybridized carbons (Fsp3) is 0.300. The molecule has 0 N–H and O–H groups in total. The largest absolute Gasteiger partial charge is 0.490 e. The molecule has 0 aromatic heterocycles. The molecule has 6 heteroatoms. The lowest BCUT2D eigenvalue weighted by atomic mass is 10.1. The highest BCUT2D eigenvalue weighted by Gasteiger charge is 2.24. The summed E-state index contributed by atoms with van der Waals surface area (Å²) >= 11 is 0. The van der Waals surface area contributed by atoms with Gasteiger partial charge in [-0.15, -0.1) is 0 Å². The summed E-state index contributed by atoms with van der Waals surface area (Å²) in [5.74, 6) is -0.114. The van der Waals surface area contributed by atoms with Crippen molar-refractivity contribution in [3.05, 3.63) is 53.6 Å². The fourth-order valence-corrected chi connectivity index (χ4v) is 2.79. The molecule has 0 saturated carbocycles. The molecule has 26 heavy (non-hydrogen) atoms. The normalized spacial score (nSPS) is 12.8. The molecule has 1 amide bonds. The van der Waals surface area contributed by atoms with Gasteiger partial charge >= 0.3 is 5.97 Å². The van der Waals surface area contributed by atoms with Gasteiger partial charge in [0.1, 0.15) is 12.4 Å². The number of aryl methyl sites for hydroxylation is 1. The van der Waals surface area contributed by atoms with E-state index in [1.165, 1.54) is 0 Å². The molecule has 0 atom stereocenters. The number of hydrogen-bond donors (Lipinski definition) is 0. The Bertz CT molecular complexity index is 832. The number of amides is 1. The Balaban J connectivity index is 1.67. The number of carbonyl (C=O) groups is 2. The van der Waals surface area contributed by atoms with E-state index in [1.54, 1.807) is 23.1 Å². The smallest absolute Gasteiger partial charge is 0.338 e. The summed E-state index contributed by atoms with van der Waals surface area (Å²) in [7, 11) is 3.79. The average Bonchev–Trinajstić information content (AvgIpc) is 2.65. The van der Waals surface area contributed by atoms with Crippen LogP contribution < -0.4 is 14.5 Å². The van der Waals surface area contributed by atoms with Gasteiger partial charge in [-0.05, 0) is 42.8 Å². The van der Waals surface area contributed by atoms with Crippen molar-refractivity contribution in [2.75, 3.05) is 43.7 Å². The summed E-state index contributed by atoms with van der Waals surface area (Å²) < 4.78 is 10.8. The van der Waals surface area contributed by atoms with Crippen molar-refractivity contribution in [2.24, 2.45) is 0 Å². The van der Waals surface area contributed by atoms with Crippen molar-refractivity contribution in [2.45, 2.75) is 6.92 Å². The Hall–Kier alpha value is -3.02. The van der Waals surface area contributed by atoms with Crippen molar-refractivity contribution in [1.29, 1.82) is 0 Å². The van der Waals surface area contributed by atoms with E-state index >= 15 is 0 Å². The molecular formula is C20H22N2O4. The zero-order chi connectivity index (χ0) is 18.7. The lowest BCUT2D eigenvalue weighted by molar-refractivity contribution is -0.121. The van der Waals surface area contributed by atoms with Crippen LogP contribution in [0.2, 0.25) is 0 Å². The molecule has 0 saturated heterocycles. The third-order valence-electron chi connectivity index (χ3n) is 4.20. The number of fused-ring (bicyclic) bond motifs is 1. The summed E-state index contributed by atoms with van der Waals surface area (Å²) in [5.41, 5.74) is 3.06. The van der Waals surface area contributed by atoms with Crippen molar-refractivity contribution < 1.29 is 19.1 Å². The van der Waals surface area contributed by atoms with E-state index in [4.69, 9.17) is 9.47 Å². The Kier molecular flexibility index (Phi) is 5.11. The predicted molar refractivity (Wildman–Crippen MR) is 100 cm³/mol. The van der Waals surface area contributed by atoms with Gasteiger partial charge in [0.2, 0.25) is 0 Å². The molecule has 6 nitrogen and oxygen atoms in total. The maximum Gasteiger partial charge on any atom is 0.338 e. The van der Waals surface area contributed by atoms with Crippen LogP contribution in [0.3, 0.4) is 0 Å². The minimum absolute atomic E-state index is 0.266. The molecule has 0 bridgehead atoms. The van der Waals surface area contributed by atoms with E-state index in [2.05, 4.69) is 0 Å². The van der Waals surface area contributed by atoms with Crippen LogP contribution in [0.25, 0.3) is 0 Å². The standard InChI is InChI=1S/C20H22N2O4/c1-14-7-8-18-17(11-14)22(9-10-25-18)19(23)13-26-20(24)15-5-4-6-16(12-15)21(2)3/h4-8,11-12H,9-10,13H2,1-3H3. The second-order valence-corrected chi connectivity index (χ2v) is 6.39. The van der Waals surface area contributed by atoms with E-state index in [0.717, 1.165) is 11.3 Å². The number of carbonyl (C=O) groups excluding carboxylic acids is 2. The zero-order valence-corrected chi connectivity index (χ0v) is 15.2. The molecule has 0 fully saturated rings. The fourth-order valence-electron chi connectivity index (χ4n) is 2.79. The summed E-state index contributed by atoms with van der Waals surface area (Å²) in [6.07, 6.45) is 0. The quantitative estimate of drug-likeness (QED) is 0.790. The highest BCUT2D eigenvalue weighted by atomic mass is 16.5. The third kappa shape index (κ3) is 3.79. The minimum Gasteiger partial charge on any atom is -0.490 e. The number of ether oxygens (including phenoxy) is 2. The van der Waals surface area contributed by atoms with Crippen molar-refractivity contribution in [3.8, 4) is 5.75 Å². The lowest BCUT2D eigenvalue weighted by Crippen LogP contribution is -2.40. The van der Waals surface area contributed by atoms with E-state index in [9.17, 15) is 9.59 Å². The van der Waals surface area contributed by atoms with Gasteiger partial charge in [0, 0.05) is 19.8 Å². The maximum atomic E-state index is 12.6. The number of benzene rings is 2. The molecule has 1 aliphatic rings. The Morgan fingerprint density at radius 3 is 2.77 bits per heavy atom. The molecule has 136 valence electrons. The zero-order valence-electron chi connectivity index (χ0n) is 15.2. The number of nitrogens with zero attached hydrogens (tertiary/aromatic N) is 2. The average molecular weight is 354 g/mol. The van der Waals surface area contributed by atoms with Crippen LogP contribution >= 0.6 is 0 Å². The molecule has 0 aliphatic carbocycles. The number of esters is 1. The summed E-state index contributed by atoms with van der Waals surface area (Å²) in [6.45, 7) is 2.50. The highest BCUT2D eigenvalue weighted by Crippen LogP contribution is 2.32. The predicted octanol–water partition coefficient (Wildman–Crippen LogP) is 2.64. The van der Waals surface area contributed by atoms with E-state index in [-0.39, 0.29) is 12.5 Å². The SMILES string of the molecule is Cc1ccc2c(c1)N(C(=O)COC(=O)c1cccc(N(C)C)c1)CCO2. The monoisotopic (exact) mass is 354 g/mol. The molecule has 0 radical (unpaired) electrons. The first kappa shape index (κ1) is 17.8. The second kappa shape index (κ2) is 7.47. The molecule has 2 aromatic rings.